The van der Waals surface area contributed by atoms with E-state index in [0.717, 1.165) is 5.56 Å². The molecule has 0 radical (unpaired) electrons. The van der Waals surface area contributed by atoms with E-state index in [-0.39, 0.29) is 5.69 Å². The van der Waals surface area contributed by atoms with Crippen molar-refractivity contribution in [2.75, 3.05) is 4.41 Å². The molecule has 0 aliphatic heterocycles. The van der Waals surface area contributed by atoms with E-state index in [0.29, 0.717) is 4.41 Å². The Balaban J connectivity index is 2.94. The van der Waals surface area contributed by atoms with Crippen LogP contribution in [-0.2, 0) is 11.3 Å². The van der Waals surface area contributed by atoms with Crippen LogP contribution in [0.2, 0.25) is 0 Å². The van der Waals surface area contributed by atoms with Crippen LogP contribution in [0.15, 0.2) is 24.3 Å². The number of nitrogens with one attached hydrogen (secondary N) is 1. The van der Waals surface area contributed by atoms with E-state index >= 15 is 0 Å². The van der Waals surface area contributed by atoms with Gasteiger partial charge in [0.15, 0.2) is 0 Å². The highest BCUT2D eigenvalue weighted by Crippen LogP contribution is 2.13. The van der Waals surface area contributed by atoms with E-state index < -0.39 is 17.4 Å². The Labute approximate surface area is 88.9 Å². The van der Waals surface area contributed by atoms with E-state index in [1.807, 2.05) is 6.92 Å². The first kappa shape index (κ1) is 11.5. The summed E-state index contributed by atoms with van der Waals surface area (Å²) >= 11 is -2.69. The van der Waals surface area contributed by atoms with Crippen molar-refractivity contribution in [2.45, 2.75) is 6.92 Å². The number of nitrogens with zero attached hydrogens (tertiary/aromatic N) is 1. The molecule has 0 aliphatic rings. The maximum absolute atomic E-state index is 10.7. The molecule has 0 saturated heterocycles. The third kappa shape index (κ3) is 3.22. The van der Waals surface area contributed by atoms with E-state index in [4.69, 9.17) is 5.11 Å². The largest absolute Gasteiger partial charge is 0.754 e. The molecule has 1 amide bonds. The molecule has 1 rings (SSSR count). The van der Waals surface area contributed by atoms with Crippen molar-refractivity contribution in [3.05, 3.63) is 29.8 Å². The number of hydrogen-bond donors (Lipinski definition) is 2. The summed E-state index contributed by atoms with van der Waals surface area (Å²) in [5, 5.41) is 8.42. The topological polar surface area (TPSA) is 92.7 Å². The van der Waals surface area contributed by atoms with Gasteiger partial charge in [-0.1, -0.05) is 17.7 Å². The minimum atomic E-state index is -2.69. The number of carbonyl (C=O) groups is 1. The molecule has 2 N–H and O–H groups in total. The van der Waals surface area contributed by atoms with Gasteiger partial charge in [-0.15, -0.1) is 0 Å². The molecule has 1 aromatic carbocycles. The normalized spacial score (nSPS) is 11.9. The lowest BCUT2D eigenvalue weighted by molar-refractivity contribution is 0.195. The van der Waals surface area contributed by atoms with E-state index in [9.17, 15) is 13.6 Å². The highest BCUT2D eigenvalue weighted by Gasteiger charge is 2.09. The van der Waals surface area contributed by atoms with Crippen LogP contribution in [0.4, 0.5) is 10.5 Å². The molecular weight excluding hydrogens is 220 g/mol. The van der Waals surface area contributed by atoms with Gasteiger partial charge in [0.05, 0.1) is 17.0 Å². The van der Waals surface area contributed by atoms with Gasteiger partial charge in [0.1, 0.15) is 0 Å². The first-order chi connectivity index (χ1) is 7.00. The Morgan fingerprint density at radius 3 is 2.40 bits per heavy atom. The molecule has 0 fully saturated rings. The highest BCUT2D eigenvalue weighted by atomic mass is 32.2. The van der Waals surface area contributed by atoms with Gasteiger partial charge < -0.3 is 9.66 Å². The van der Waals surface area contributed by atoms with Crippen LogP contribution in [0.25, 0.3) is 0 Å². The number of carboxylic acid groups (broad SMARTS) is 1. The Bertz CT molecular complexity index is 379. The van der Waals surface area contributed by atoms with Gasteiger partial charge in [0.25, 0.3) is 0 Å². The third-order valence-electron chi connectivity index (χ3n) is 1.61. The number of anilines is 1. The Morgan fingerprint density at radius 1 is 1.47 bits per heavy atom. The summed E-state index contributed by atoms with van der Waals surface area (Å²) in [5.41, 5.74) is 2.93. The predicted molar refractivity (Wildman–Crippen MR) is 53.7 cm³/mol. The van der Waals surface area contributed by atoms with Crippen molar-refractivity contribution in [2.24, 2.45) is 0 Å². The minimum Gasteiger partial charge on any atom is -0.754 e. The average molecular weight is 229 g/mol. The molecule has 0 aliphatic carbocycles. The van der Waals surface area contributed by atoms with E-state index in [1.54, 1.807) is 17.6 Å². The van der Waals surface area contributed by atoms with Crippen LogP contribution >= 0.6 is 0 Å². The number of hydrazine groups is 1. The molecule has 1 atom stereocenters. The summed E-state index contributed by atoms with van der Waals surface area (Å²) in [7, 11) is 0. The zero-order valence-electron chi connectivity index (χ0n) is 7.84. The van der Waals surface area contributed by atoms with Crippen molar-refractivity contribution in [1.29, 1.82) is 0 Å². The van der Waals surface area contributed by atoms with Crippen molar-refractivity contribution >= 4 is 23.0 Å². The second-order valence-corrected chi connectivity index (χ2v) is 3.56. The molecule has 0 bridgehead atoms. The maximum Gasteiger partial charge on any atom is 0.424 e. The Morgan fingerprint density at radius 2 is 2.00 bits per heavy atom. The zero-order valence-corrected chi connectivity index (χ0v) is 8.65. The minimum absolute atomic E-state index is 0.233. The summed E-state index contributed by atoms with van der Waals surface area (Å²) in [6.45, 7) is 1.84. The Kier molecular flexibility index (Phi) is 3.64. The summed E-state index contributed by atoms with van der Waals surface area (Å²) < 4.78 is 22.0. The molecule has 82 valence electrons. The lowest BCUT2D eigenvalue weighted by Gasteiger charge is -2.24. The summed E-state index contributed by atoms with van der Waals surface area (Å²) in [6.07, 6.45) is -1.44. The van der Waals surface area contributed by atoms with Gasteiger partial charge in [0, 0.05) is 0 Å². The van der Waals surface area contributed by atoms with E-state index in [2.05, 4.69) is 0 Å². The van der Waals surface area contributed by atoms with Gasteiger partial charge in [-0.25, -0.2) is 14.6 Å². The van der Waals surface area contributed by atoms with Gasteiger partial charge in [-0.05, 0) is 19.1 Å². The van der Waals surface area contributed by atoms with Crippen LogP contribution in [0, 0.1) is 6.92 Å². The second kappa shape index (κ2) is 4.76. The highest BCUT2D eigenvalue weighted by molar-refractivity contribution is 7.80. The molecule has 1 aromatic rings. The second-order valence-electron chi connectivity index (χ2n) is 2.76. The van der Waals surface area contributed by atoms with Gasteiger partial charge in [-0.2, -0.15) is 0 Å². The van der Waals surface area contributed by atoms with Gasteiger partial charge >= 0.3 is 6.09 Å². The fraction of sp³-hybridized carbons (Fsp3) is 0.125. The Hall–Kier alpha value is -1.60. The quantitative estimate of drug-likeness (QED) is 0.591. The van der Waals surface area contributed by atoms with Crippen molar-refractivity contribution in [3.8, 4) is 0 Å². The first-order valence-corrected chi connectivity index (χ1v) is 4.99. The van der Waals surface area contributed by atoms with Crippen molar-refractivity contribution < 1.29 is 18.7 Å². The predicted octanol–water partition coefficient (Wildman–Crippen LogP) is 0.778. The van der Waals surface area contributed by atoms with Gasteiger partial charge in [-0.3, -0.25) is 4.21 Å². The molecule has 0 saturated carbocycles. The molecular formula is C8H9N2O4S-. The maximum atomic E-state index is 10.7. The van der Waals surface area contributed by atoms with E-state index in [1.165, 1.54) is 12.1 Å². The van der Waals surface area contributed by atoms with Crippen LogP contribution in [0.1, 0.15) is 5.56 Å². The van der Waals surface area contributed by atoms with Crippen molar-refractivity contribution in [3.63, 3.8) is 0 Å². The fourth-order valence-electron chi connectivity index (χ4n) is 0.955. The number of rotatable bonds is 3. The summed E-state index contributed by atoms with van der Waals surface area (Å²) in [6, 6.07) is 6.36. The van der Waals surface area contributed by atoms with Crippen LogP contribution in [0.5, 0.6) is 0 Å². The molecule has 0 aromatic heterocycles. The SMILES string of the molecule is Cc1ccc(N(NC(=O)O)S(=O)[O-])cc1. The fourth-order valence-corrected chi connectivity index (χ4v) is 1.40. The van der Waals surface area contributed by atoms with Crippen LogP contribution < -0.4 is 9.84 Å². The summed E-state index contributed by atoms with van der Waals surface area (Å²) in [4.78, 5) is 10.3. The number of hydrogen-bond acceptors (Lipinski definition) is 3. The lowest BCUT2D eigenvalue weighted by atomic mass is 10.2. The van der Waals surface area contributed by atoms with Gasteiger partial charge in [0.2, 0.25) is 0 Å². The third-order valence-corrected chi connectivity index (χ3v) is 2.21. The standard InChI is InChI=1S/C8H10N2O4S/c1-6-2-4-7(5-3-6)10(15(13)14)9-8(11)12/h2-5,9H,1H3,(H,11,12)(H,13,14)/p-1. The molecule has 6 nitrogen and oxygen atoms in total. The zero-order chi connectivity index (χ0) is 11.4. The molecule has 0 heterocycles. The smallest absolute Gasteiger partial charge is 0.424 e. The molecule has 0 spiro atoms. The molecule has 15 heavy (non-hydrogen) atoms. The number of benzene rings is 1. The molecule has 1 unspecified atom stereocenters. The lowest BCUT2D eigenvalue weighted by Crippen LogP contribution is -2.42. The monoisotopic (exact) mass is 229 g/mol. The van der Waals surface area contributed by atoms with Crippen molar-refractivity contribution in [1.82, 2.24) is 5.43 Å². The summed E-state index contributed by atoms with van der Waals surface area (Å²) in [5.74, 6) is 0. The van der Waals surface area contributed by atoms with Crippen LogP contribution in [0.3, 0.4) is 0 Å². The van der Waals surface area contributed by atoms with Crippen LogP contribution in [-0.4, -0.2) is 20.0 Å². The average Bonchev–Trinajstić information content (AvgIpc) is 2.15. The number of aryl methyl sites for hydroxylation is 1. The first-order valence-electron chi connectivity index (χ1n) is 3.96. The number of amides is 1. The molecule has 7 heteroatoms.